The van der Waals surface area contributed by atoms with Gasteiger partial charge in [-0.2, -0.15) is 0 Å². The Hall–Kier alpha value is -2.90. The average molecular weight is 338 g/mol. The first-order valence-corrected chi connectivity index (χ1v) is 6.89. The minimum Gasteiger partial charge on any atom is -0.469 e. The van der Waals surface area contributed by atoms with Gasteiger partial charge in [-0.05, 0) is 12.1 Å². The highest BCUT2D eigenvalue weighted by molar-refractivity contribution is 5.96. The number of benzene rings is 1. The molecule has 1 aromatic carbocycles. The van der Waals surface area contributed by atoms with Crippen LogP contribution in [0.4, 0.5) is 0 Å². The van der Waals surface area contributed by atoms with Crippen LogP contribution in [0.2, 0.25) is 0 Å². The van der Waals surface area contributed by atoms with Gasteiger partial charge in [-0.25, -0.2) is 9.59 Å². The van der Waals surface area contributed by atoms with E-state index in [2.05, 4.69) is 14.2 Å². The molecular weight excluding hydrogens is 320 g/mol. The summed E-state index contributed by atoms with van der Waals surface area (Å²) in [6, 6.07) is 7.79. The molecule has 8 heteroatoms. The van der Waals surface area contributed by atoms with Gasteiger partial charge in [0.15, 0.2) is 0 Å². The second kappa shape index (κ2) is 8.66. The predicted octanol–water partition coefficient (Wildman–Crippen LogP) is 0.881. The molecular formula is C16H18O8. The fraction of sp³-hybridized carbons (Fsp3) is 0.375. The normalized spacial score (nSPS) is 10.5. The van der Waals surface area contributed by atoms with Gasteiger partial charge in [-0.15, -0.1) is 0 Å². The molecule has 24 heavy (non-hydrogen) atoms. The highest BCUT2D eigenvalue weighted by atomic mass is 16.6. The van der Waals surface area contributed by atoms with E-state index < -0.39 is 42.3 Å². The Morgan fingerprint density at radius 2 is 1.33 bits per heavy atom. The SMILES string of the molecule is COC(=O)CC(CC(=O)OC)(OC(=O)c1ccccc1)C(=O)OC. The van der Waals surface area contributed by atoms with Crippen LogP contribution in [0.1, 0.15) is 23.2 Å². The number of ether oxygens (including phenoxy) is 4. The van der Waals surface area contributed by atoms with E-state index in [1.165, 1.54) is 12.1 Å². The number of methoxy groups -OCH3 is 3. The van der Waals surface area contributed by atoms with E-state index >= 15 is 0 Å². The first kappa shape index (κ1) is 19.1. The number of hydrogen-bond donors (Lipinski definition) is 0. The second-order valence-electron chi connectivity index (χ2n) is 4.75. The van der Waals surface area contributed by atoms with Crippen molar-refractivity contribution >= 4 is 23.9 Å². The fourth-order valence-electron chi connectivity index (χ4n) is 1.93. The van der Waals surface area contributed by atoms with E-state index in [1.54, 1.807) is 18.2 Å². The van der Waals surface area contributed by atoms with E-state index in [0.717, 1.165) is 21.3 Å². The van der Waals surface area contributed by atoms with Crippen molar-refractivity contribution in [1.29, 1.82) is 0 Å². The Bertz CT molecular complexity index is 590. The minimum atomic E-state index is -2.18. The van der Waals surface area contributed by atoms with Crippen molar-refractivity contribution in [2.45, 2.75) is 18.4 Å². The van der Waals surface area contributed by atoms with Crippen LogP contribution in [0, 0.1) is 0 Å². The smallest absolute Gasteiger partial charge is 0.351 e. The van der Waals surface area contributed by atoms with Crippen molar-refractivity contribution in [3.63, 3.8) is 0 Å². The van der Waals surface area contributed by atoms with E-state index in [9.17, 15) is 19.2 Å². The van der Waals surface area contributed by atoms with Crippen molar-refractivity contribution in [2.24, 2.45) is 0 Å². The molecule has 0 amide bonds. The molecule has 0 heterocycles. The number of hydrogen-bond acceptors (Lipinski definition) is 8. The van der Waals surface area contributed by atoms with Crippen molar-refractivity contribution in [2.75, 3.05) is 21.3 Å². The molecule has 0 saturated carbocycles. The van der Waals surface area contributed by atoms with Crippen LogP contribution in [0.3, 0.4) is 0 Å². The molecule has 0 fully saturated rings. The number of carbonyl (C=O) groups excluding carboxylic acids is 4. The fourth-order valence-corrected chi connectivity index (χ4v) is 1.93. The molecule has 1 rings (SSSR count). The lowest BCUT2D eigenvalue weighted by atomic mass is 9.94. The molecule has 0 unspecified atom stereocenters. The molecule has 130 valence electrons. The zero-order chi connectivity index (χ0) is 18.2. The Kier molecular flexibility index (Phi) is 6.91. The van der Waals surface area contributed by atoms with Gasteiger partial charge in [0.25, 0.3) is 0 Å². The van der Waals surface area contributed by atoms with Gasteiger partial charge in [0.1, 0.15) is 0 Å². The van der Waals surface area contributed by atoms with Gasteiger partial charge in [0, 0.05) is 0 Å². The maximum atomic E-state index is 12.3. The zero-order valence-corrected chi connectivity index (χ0v) is 13.6. The number of esters is 4. The summed E-state index contributed by atoms with van der Waals surface area (Å²) in [6.45, 7) is 0. The molecule has 1 aromatic rings. The number of rotatable bonds is 7. The van der Waals surface area contributed by atoms with E-state index in [-0.39, 0.29) is 5.56 Å². The molecule has 0 bridgehead atoms. The van der Waals surface area contributed by atoms with Crippen LogP contribution < -0.4 is 0 Å². The molecule has 0 N–H and O–H groups in total. The lowest BCUT2D eigenvalue weighted by Gasteiger charge is -2.28. The third kappa shape index (κ3) is 4.80. The summed E-state index contributed by atoms with van der Waals surface area (Å²) >= 11 is 0. The van der Waals surface area contributed by atoms with Crippen LogP contribution in [0.15, 0.2) is 30.3 Å². The molecule has 0 aliphatic carbocycles. The third-order valence-corrected chi connectivity index (χ3v) is 3.17. The van der Waals surface area contributed by atoms with Crippen LogP contribution in [-0.2, 0) is 33.3 Å². The topological polar surface area (TPSA) is 105 Å². The Morgan fingerprint density at radius 1 is 0.833 bits per heavy atom. The van der Waals surface area contributed by atoms with E-state index in [1.807, 2.05) is 0 Å². The molecule has 0 radical (unpaired) electrons. The highest BCUT2D eigenvalue weighted by Crippen LogP contribution is 2.26. The van der Waals surface area contributed by atoms with Gasteiger partial charge in [0.05, 0.1) is 39.7 Å². The average Bonchev–Trinajstić information content (AvgIpc) is 2.61. The summed E-state index contributed by atoms with van der Waals surface area (Å²) in [5.74, 6) is -3.67. The lowest BCUT2D eigenvalue weighted by Crippen LogP contribution is -2.48. The maximum absolute atomic E-state index is 12.3. The van der Waals surface area contributed by atoms with Crippen molar-refractivity contribution < 1.29 is 38.1 Å². The molecule has 0 aliphatic heterocycles. The van der Waals surface area contributed by atoms with Gasteiger partial charge in [-0.3, -0.25) is 9.59 Å². The summed E-state index contributed by atoms with van der Waals surface area (Å²) in [5, 5.41) is 0. The van der Waals surface area contributed by atoms with Crippen LogP contribution in [0.25, 0.3) is 0 Å². The monoisotopic (exact) mass is 338 g/mol. The van der Waals surface area contributed by atoms with E-state index in [0.29, 0.717) is 0 Å². The summed E-state index contributed by atoms with van der Waals surface area (Å²) in [5.41, 5.74) is -2.04. The quantitative estimate of drug-likeness (QED) is 0.533. The molecule has 8 nitrogen and oxygen atoms in total. The van der Waals surface area contributed by atoms with Crippen LogP contribution >= 0.6 is 0 Å². The largest absolute Gasteiger partial charge is 0.469 e. The minimum absolute atomic E-state index is 0.139. The standard InChI is InChI=1S/C16H18O8/c1-21-12(17)9-16(15(20)23-3,10-13(18)22-2)24-14(19)11-7-5-4-6-8-11/h4-8H,9-10H2,1-3H3. The molecule has 0 atom stereocenters. The first-order chi connectivity index (χ1) is 11.4. The molecule has 0 spiro atoms. The van der Waals surface area contributed by atoms with Crippen molar-refractivity contribution in [3.8, 4) is 0 Å². The summed E-state index contributed by atoms with van der Waals surface area (Å²) in [7, 11) is 3.24. The Balaban J connectivity index is 3.21. The first-order valence-electron chi connectivity index (χ1n) is 6.89. The predicted molar refractivity (Wildman–Crippen MR) is 79.9 cm³/mol. The summed E-state index contributed by atoms with van der Waals surface area (Å²) < 4.78 is 18.8. The molecule has 0 aromatic heterocycles. The highest BCUT2D eigenvalue weighted by Gasteiger charge is 2.48. The van der Waals surface area contributed by atoms with Gasteiger partial charge in [0.2, 0.25) is 5.60 Å². The van der Waals surface area contributed by atoms with Crippen molar-refractivity contribution in [1.82, 2.24) is 0 Å². The van der Waals surface area contributed by atoms with Crippen LogP contribution in [-0.4, -0.2) is 50.8 Å². The number of carbonyl (C=O) groups is 4. The lowest BCUT2D eigenvalue weighted by molar-refractivity contribution is -0.175. The van der Waals surface area contributed by atoms with Gasteiger partial charge in [-0.1, -0.05) is 18.2 Å². The van der Waals surface area contributed by atoms with Gasteiger partial charge >= 0.3 is 23.9 Å². The zero-order valence-electron chi connectivity index (χ0n) is 13.6. The van der Waals surface area contributed by atoms with Crippen molar-refractivity contribution in [3.05, 3.63) is 35.9 Å². The Morgan fingerprint density at radius 3 is 1.75 bits per heavy atom. The van der Waals surface area contributed by atoms with Gasteiger partial charge < -0.3 is 18.9 Å². The third-order valence-electron chi connectivity index (χ3n) is 3.17. The molecule has 0 aliphatic rings. The maximum Gasteiger partial charge on any atom is 0.351 e. The summed E-state index contributed by atoms with van der Waals surface area (Å²) in [4.78, 5) is 47.8. The molecule has 0 saturated heterocycles. The summed E-state index contributed by atoms with van der Waals surface area (Å²) in [6.07, 6.45) is -1.38. The second-order valence-corrected chi connectivity index (χ2v) is 4.75. The van der Waals surface area contributed by atoms with Crippen LogP contribution in [0.5, 0.6) is 0 Å². The Labute approximate surface area is 138 Å². The van der Waals surface area contributed by atoms with E-state index in [4.69, 9.17) is 4.74 Å².